The smallest absolute Gasteiger partial charge is 0.224 e. The van der Waals surface area contributed by atoms with Crippen LogP contribution in [0.5, 0.6) is 0 Å². The van der Waals surface area contributed by atoms with Gasteiger partial charge in [0, 0.05) is 36.7 Å². The summed E-state index contributed by atoms with van der Waals surface area (Å²) in [4.78, 5) is 27.5. The summed E-state index contributed by atoms with van der Waals surface area (Å²) in [6, 6.07) is 14.6. The Morgan fingerprint density at radius 1 is 1.03 bits per heavy atom. The molecule has 4 rings (SSSR count). The number of ketones is 1. The van der Waals surface area contributed by atoms with Gasteiger partial charge in [-0.15, -0.1) is 12.4 Å². The highest BCUT2D eigenvalue weighted by Crippen LogP contribution is 2.33. The minimum Gasteiger partial charge on any atom is -0.326 e. The molecule has 1 amide bonds. The number of hydrogen-bond acceptors (Lipinski definition) is 3. The van der Waals surface area contributed by atoms with Crippen LogP contribution in [0.15, 0.2) is 42.5 Å². The van der Waals surface area contributed by atoms with E-state index in [0.29, 0.717) is 6.42 Å². The molecule has 30 heavy (non-hydrogen) atoms. The molecule has 2 aromatic rings. The second kappa shape index (κ2) is 10.2. The van der Waals surface area contributed by atoms with E-state index in [1.807, 2.05) is 12.1 Å². The molecule has 0 bridgehead atoms. The molecule has 1 unspecified atom stereocenters. The van der Waals surface area contributed by atoms with Gasteiger partial charge in [-0.25, -0.2) is 0 Å². The Balaban J connectivity index is 0.00000256. The highest BCUT2D eigenvalue weighted by Gasteiger charge is 2.30. The number of halogens is 1. The highest BCUT2D eigenvalue weighted by molar-refractivity contribution is 6.03. The van der Waals surface area contributed by atoms with Gasteiger partial charge in [-0.05, 0) is 55.0 Å². The van der Waals surface area contributed by atoms with Gasteiger partial charge in [0.25, 0.3) is 0 Å². The molecule has 4 nitrogen and oxygen atoms in total. The zero-order valence-electron chi connectivity index (χ0n) is 17.7. The Morgan fingerprint density at radius 2 is 1.83 bits per heavy atom. The Hall–Kier alpha value is -2.17. The van der Waals surface area contributed by atoms with Gasteiger partial charge in [0.2, 0.25) is 5.91 Å². The lowest BCUT2D eigenvalue weighted by molar-refractivity contribution is -0.116. The zero-order valence-corrected chi connectivity index (χ0v) is 18.5. The first-order valence-electron chi connectivity index (χ1n) is 10.9. The third-order valence-corrected chi connectivity index (χ3v) is 6.18. The second-order valence-electron chi connectivity index (χ2n) is 8.39. The lowest BCUT2D eigenvalue weighted by atomic mass is 9.80. The average Bonchev–Trinajstić information content (AvgIpc) is 2.73. The molecule has 5 heteroatoms. The summed E-state index contributed by atoms with van der Waals surface area (Å²) >= 11 is 0. The molecular formula is C25H31ClN2O2. The highest BCUT2D eigenvalue weighted by atomic mass is 35.5. The SMILES string of the molecule is CCCCN(Cc1ccccc1)CC1CCc2cc3c(cc2C1=O)NC(=O)CC3.Cl. The fraction of sp³-hybridized carbons (Fsp3) is 0.440. The van der Waals surface area contributed by atoms with Crippen LogP contribution in [-0.2, 0) is 24.2 Å². The molecule has 1 atom stereocenters. The van der Waals surface area contributed by atoms with Crippen molar-refractivity contribution in [2.45, 2.75) is 52.0 Å². The maximum absolute atomic E-state index is 13.3. The standard InChI is InChI=1S/C25H30N2O2.ClH/c1-2-3-13-27(16-18-7-5-4-6-8-18)17-21-10-9-19-14-20-11-12-24(28)26-23(20)15-22(19)25(21)29;/h4-8,14-15,21H,2-3,9-13,16-17H2,1H3,(H,26,28);1H. The van der Waals surface area contributed by atoms with Crippen molar-refractivity contribution >= 4 is 29.8 Å². The first-order valence-corrected chi connectivity index (χ1v) is 10.9. The lowest BCUT2D eigenvalue weighted by Gasteiger charge is -2.31. The Labute approximate surface area is 185 Å². The number of aryl methyl sites for hydroxylation is 2. The molecule has 0 fully saturated rings. The van der Waals surface area contributed by atoms with E-state index in [1.165, 1.54) is 11.1 Å². The largest absolute Gasteiger partial charge is 0.326 e. The summed E-state index contributed by atoms with van der Waals surface area (Å²) in [6.45, 7) is 4.91. The topological polar surface area (TPSA) is 49.4 Å². The number of rotatable bonds is 7. The number of carbonyl (C=O) groups excluding carboxylic acids is 2. The number of hydrogen-bond donors (Lipinski definition) is 1. The van der Waals surface area contributed by atoms with Crippen LogP contribution in [0, 0.1) is 5.92 Å². The first kappa shape index (κ1) is 22.5. The zero-order chi connectivity index (χ0) is 20.2. The van der Waals surface area contributed by atoms with Crippen molar-refractivity contribution in [1.82, 2.24) is 4.90 Å². The van der Waals surface area contributed by atoms with Gasteiger partial charge in [-0.1, -0.05) is 49.7 Å². The van der Waals surface area contributed by atoms with Gasteiger partial charge >= 0.3 is 0 Å². The minimum absolute atomic E-state index is 0. The first-order chi connectivity index (χ1) is 14.1. The molecule has 1 aliphatic heterocycles. The van der Waals surface area contributed by atoms with E-state index in [2.05, 4.69) is 47.5 Å². The van der Waals surface area contributed by atoms with E-state index in [4.69, 9.17) is 0 Å². The van der Waals surface area contributed by atoms with Crippen molar-refractivity contribution in [2.24, 2.45) is 5.92 Å². The summed E-state index contributed by atoms with van der Waals surface area (Å²) in [5, 5.41) is 2.95. The van der Waals surface area contributed by atoms with Gasteiger partial charge in [0.15, 0.2) is 5.78 Å². The van der Waals surface area contributed by atoms with Crippen LogP contribution in [0.2, 0.25) is 0 Å². The summed E-state index contributed by atoms with van der Waals surface area (Å²) < 4.78 is 0. The normalized spacial score (nSPS) is 17.7. The second-order valence-corrected chi connectivity index (χ2v) is 8.39. The average molecular weight is 427 g/mol. The third kappa shape index (κ3) is 5.11. The monoisotopic (exact) mass is 426 g/mol. The molecule has 0 saturated carbocycles. The number of unbranched alkanes of at least 4 members (excludes halogenated alkanes) is 1. The van der Waals surface area contributed by atoms with Gasteiger partial charge in [0.05, 0.1) is 0 Å². The van der Waals surface area contributed by atoms with Gasteiger partial charge in [-0.3, -0.25) is 14.5 Å². The molecule has 2 aliphatic rings. The Morgan fingerprint density at radius 3 is 2.60 bits per heavy atom. The molecule has 0 spiro atoms. The van der Waals surface area contributed by atoms with E-state index >= 15 is 0 Å². The Bertz CT molecular complexity index is 898. The van der Waals surface area contributed by atoms with E-state index < -0.39 is 0 Å². The number of nitrogens with one attached hydrogen (secondary N) is 1. The molecule has 2 aromatic carbocycles. The quantitative estimate of drug-likeness (QED) is 0.674. The predicted octanol–water partition coefficient (Wildman–Crippen LogP) is 5.04. The maximum atomic E-state index is 13.3. The molecule has 1 heterocycles. The van der Waals surface area contributed by atoms with Gasteiger partial charge in [0.1, 0.15) is 0 Å². The number of nitrogens with zero attached hydrogens (tertiary/aromatic N) is 1. The molecule has 0 radical (unpaired) electrons. The van der Waals surface area contributed by atoms with Crippen molar-refractivity contribution in [3.63, 3.8) is 0 Å². The van der Waals surface area contributed by atoms with Crippen LogP contribution in [-0.4, -0.2) is 29.7 Å². The van der Waals surface area contributed by atoms with Crippen LogP contribution in [0.4, 0.5) is 5.69 Å². The number of Topliss-reactive ketones (excluding diaryl/α,β-unsaturated/α-hetero) is 1. The van der Waals surface area contributed by atoms with Crippen LogP contribution in [0.25, 0.3) is 0 Å². The fourth-order valence-electron chi connectivity index (χ4n) is 4.54. The van der Waals surface area contributed by atoms with Gasteiger partial charge < -0.3 is 5.32 Å². The van der Waals surface area contributed by atoms with E-state index in [-0.39, 0.29) is 30.0 Å². The predicted molar refractivity (Wildman–Crippen MR) is 123 cm³/mol. The van der Waals surface area contributed by atoms with E-state index in [0.717, 1.165) is 68.6 Å². The Kier molecular flexibility index (Phi) is 7.68. The van der Waals surface area contributed by atoms with E-state index in [9.17, 15) is 9.59 Å². The fourth-order valence-corrected chi connectivity index (χ4v) is 4.54. The summed E-state index contributed by atoms with van der Waals surface area (Å²) in [7, 11) is 0. The van der Waals surface area contributed by atoms with Crippen LogP contribution >= 0.6 is 12.4 Å². The number of benzene rings is 2. The molecule has 0 saturated heterocycles. The molecular weight excluding hydrogens is 396 g/mol. The number of anilines is 1. The summed E-state index contributed by atoms with van der Waals surface area (Å²) in [5.41, 5.74) is 5.27. The van der Waals surface area contributed by atoms with Crippen LogP contribution in [0.3, 0.4) is 0 Å². The van der Waals surface area contributed by atoms with Crippen molar-refractivity contribution in [2.75, 3.05) is 18.4 Å². The van der Waals surface area contributed by atoms with Crippen LogP contribution < -0.4 is 5.32 Å². The molecule has 0 aromatic heterocycles. The summed E-state index contributed by atoms with van der Waals surface area (Å²) in [5.74, 6) is 0.315. The van der Waals surface area contributed by atoms with Crippen molar-refractivity contribution in [3.8, 4) is 0 Å². The van der Waals surface area contributed by atoms with Gasteiger partial charge in [-0.2, -0.15) is 0 Å². The van der Waals surface area contributed by atoms with Crippen molar-refractivity contribution in [3.05, 3.63) is 64.7 Å². The molecule has 160 valence electrons. The number of amides is 1. The molecule has 1 N–H and O–H groups in total. The third-order valence-electron chi connectivity index (χ3n) is 6.18. The van der Waals surface area contributed by atoms with Crippen molar-refractivity contribution < 1.29 is 9.59 Å². The molecule has 1 aliphatic carbocycles. The lowest BCUT2D eigenvalue weighted by Crippen LogP contribution is -2.36. The summed E-state index contributed by atoms with van der Waals surface area (Å²) in [6.07, 6.45) is 5.46. The number of carbonyl (C=O) groups is 2. The van der Waals surface area contributed by atoms with Crippen molar-refractivity contribution in [1.29, 1.82) is 0 Å². The minimum atomic E-state index is 0. The van der Waals surface area contributed by atoms with Crippen LogP contribution in [0.1, 0.15) is 59.7 Å². The van der Waals surface area contributed by atoms with E-state index in [1.54, 1.807) is 0 Å². The number of fused-ring (bicyclic) bond motifs is 2. The maximum Gasteiger partial charge on any atom is 0.224 e.